The Balaban J connectivity index is 1.79. The Morgan fingerprint density at radius 1 is 1.41 bits per heavy atom. The zero-order valence-corrected chi connectivity index (χ0v) is 15.2. The maximum absolute atomic E-state index is 14.3. The van der Waals surface area contributed by atoms with Crippen LogP contribution in [-0.4, -0.2) is 40.2 Å². The molecule has 0 radical (unpaired) electrons. The lowest BCUT2D eigenvalue weighted by Crippen LogP contribution is -2.52. The number of rotatable bonds is 6. The average molecular weight is 373 g/mol. The SMILES string of the molecule is C[C@H](N[C@H]1CN(c2ncnc(N)c2F)CCC1CC(=O)O)c1ccccc1. The van der Waals surface area contributed by atoms with E-state index in [1.807, 2.05) is 37.3 Å². The van der Waals surface area contributed by atoms with E-state index >= 15 is 0 Å². The fourth-order valence-electron chi connectivity index (χ4n) is 3.60. The average Bonchev–Trinajstić information content (AvgIpc) is 2.66. The van der Waals surface area contributed by atoms with Gasteiger partial charge in [-0.2, -0.15) is 4.39 Å². The smallest absolute Gasteiger partial charge is 0.303 e. The number of nitrogens with two attached hydrogens (primary N) is 1. The molecule has 1 saturated heterocycles. The second-order valence-electron chi connectivity index (χ2n) is 6.89. The molecule has 8 heteroatoms. The largest absolute Gasteiger partial charge is 0.481 e. The highest BCUT2D eigenvalue weighted by Crippen LogP contribution is 2.28. The Morgan fingerprint density at radius 3 is 2.85 bits per heavy atom. The summed E-state index contributed by atoms with van der Waals surface area (Å²) in [6.07, 6.45) is 1.93. The maximum Gasteiger partial charge on any atom is 0.303 e. The van der Waals surface area contributed by atoms with Crippen molar-refractivity contribution in [2.75, 3.05) is 23.7 Å². The van der Waals surface area contributed by atoms with Gasteiger partial charge in [-0.1, -0.05) is 30.3 Å². The number of carbonyl (C=O) groups is 1. The van der Waals surface area contributed by atoms with Gasteiger partial charge in [-0.3, -0.25) is 4.79 Å². The first-order chi connectivity index (χ1) is 13.0. The van der Waals surface area contributed by atoms with Gasteiger partial charge in [-0.25, -0.2) is 9.97 Å². The summed E-state index contributed by atoms with van der Waals surface area (Å²) in [5.74, 6) is -1.54. The van der Waals surface area contributed by atoms with Crippen molar-refractivity contribution in [2.45, 2.75) is 31.8 Å². The fourth-order valence-corrected chi connectivity index (χ4v) is 3.60. The second kappa shape index (κ2) is 8.30. The summed E-state index contributed by atoms with van der Waals surface area (Å²) in [6.45, 7) is 3.00. The Morgan fingerprint density at radius 2 is 2.15 bits per heavy atom. The summed E-state index contributed by atoms with van der Waals surface area (Å²) in [4.78, 5) is 20.8. The fraction of sp³-hybridized carbons (Fsp3) is 0.421. The lowest BCUT2D eigenvalue weighted by Gasteiger charge is -2.40. The van der Waals surface area contributed by atoms with Gasteiger partial charge >= 0.3 is 5.97 Å². The van der Waals surface area contributed by atoms with Gasteiger partial charge in [0.1, 0.15) is 6.33 Å². The van der Waals surface area contributed by atoms with Crippen LogP contribution < -0.4 is 16.0 Å². The van der Waals surface area contributed by atoms with Gasteiger partial charge in [0.05, 0.1) is 0 Å². The van der Waals surface area contributed by atoms with Crippen LogP contribution in [0.3, 0.4) is 0 Å². The van der Waals surface area contributed by atoms with E-state index in [4.69, 9.17) is 5.73 Å². The van der Waals surface area contributed by atoms with Crippen molar-refractivity contribution in [3.8, 4) is 0 Å². The lowest BCUT2D eigenvalue weighted by atomic mass is 9.87. The number of nitrogens with one attached hydrogen (secondary N) is 1. The van der Waals surface area contributed by atoms with Crippen molar-refractivity contribution in [3.05, 3.63) is 48.0 Å². The van der Waals surface area contributed by atoms with Gasteiger partial charge in [0.15, 0.2) is 11.6 Å². The number of carboxylic acids is 1. The summed E-state index contributed by atoms with van der Waals surface area (Å²) in [6, 6.07) is 9.84. The van der Waals surface area contributed by atoms with Crippen molar-refractivity contribution in [1.82, 2.24) is 15.3 Å². The van der Waals surface area contributed by atoms with E-state index in [0.717, 1.165) is 5.56 Å². The summed E-state index contributed by atoms with van der Waals surface area (Å²) in [5.41, 5.74) is 6.68. The minimum absolute atomic E-state index is 0.0350. The van der Waals surface area contributed by atoms with Crippen molar-refractivity contribution < 1.29 is 14.3 Å². The van der Waals surface area contributed by atoms with Crippen LogP contribution >= 0.6 is 0 Å². The van der Waals surface area contributed by atoms with Crippen LogP contribution in [0.4, 0.5) is 16.0 Å². The summed E-state index contributed by atoms with van der Waals surface area (Å²) in [7, 11) is 0. The molecule has 1 fully saturated rings. The Kier molecular flexibility index (Phi) is 5.85. The minimum atomic E-state index is -0.829. The molecule has 1 aromatic carbocycles. The number of aromatic nitrogens is 2. The van der Waals surface area contributed by atoms with Crippen LogP contribution in [0.1, 0.15) is 31.4 Å². The van der Waals surface area contributed by atoms with Gasteiger partial charge in [-0.05, 0) is 24.8 Å². The molecule has 2 aromatic rings. The zero-order valence-electron chi connectivity index (χ0n) is 15.2. The molecule has 4 N–H and O–H groups in total. The van der Waals surface area contributed by atoms with E-state index in [1.54, 1.807) is 4.90 Å². The van der Waals surface area contributed by atoms with Gasteiger partial charge in [0.2, 0.25) is 5.82 Å². The number of piperidine rings is 1. The summed E-state index contributed by atoms with van der Waals surface area (Å²) < 4.78 is 14.3. The highest BCUT2D eigenvalue weighted by molar-refractivity contribution is 5.67. The molecule has 1 aliphatic heterocycles. The third kappa shape index (κ3) is 4.51. The number of benzene rings is 1. The third-order valence-electron chi connectivity index (χ3n) is 5.05. The number of anilines is 2. The first-order valence-corrected chi connectivity index (χ1v) is 8.99. The van der Waals surface area contributed by atoms with Crippen molar-refractivity contribution in [1.29, 1.82) is 0 Å². The van der Waals surface area contributed by atoms with Crippen LogP contribution in [0, 0.1) is 11.7 Å². The van der Waals surface area contributed by atoms with Crippen LogP contribution in [0.2, 0.25) is 0 Å². The molecular formula is C19H24FN5O2. The molecule has 3 atom stereocenters. The van der Waals surface area contributed by atoms with Crippen molar-refractivity contribution in [2.24, 2.45) is 5.92 Å². The molecule has 7 nitrogen and oxygen atoms in total. The summed E-state index contributed by atoms with van der Waals surface area (Å²) in [5, 5.41) is 12.8. The topological polar surface area (TPSA) is 104 Å². The number of hydrogen-bond acceptors (Lipinski definition) is 6. The van der Waals surface area contributed by atoms with Gasteiger partial charge in [-0.15, -0.1) is 0 Å². The predicted octanol–water partition coefficient (Wildman–Crippen LogP) is 2.22. The van der Waals surface area contributed by atoms with Crippen LogP contribution in [0.25, 0.3) is 0 Å². The molecule has 0 aliphatic carbocycles. The number of halogens is 1. The highest BCUT2D eigenvalue weighted by atomic mass is 19.1. The number of hydrogen-bond donors (Lipinski definition) is 3. The predicted molar refractivity (Wildman–Crippen MR) is 101 cm³/mol. The van der Waals surface area contributed by atoms with Gasteiger partial charge < -0.3 is 21.1 Å². The van der Waals surface area contributed by atoms with E-state index < -0.39 is 11.8 Å². The second-order valence-corrected chi connectivity index (χ2v) is 6.89. The zero-order chi connectivity index (χ0) is 19.4. The molecule has 0 bridgehead atoms. The maximum atomic E-state index is 14.3. The molecule has 144 valence electrons. The normalized spacial score (nSPS) is 21.0. The highest BCUT2D eigenvalue weighted by Gasteiger charge is 2.33. The molecule has 1 unspecified atom stereocenters. The first-order valence-electron chi connectivity index (χ1n) is 8.99. The Labute approximate surface area is 157 Å². The van der Waals surface area contributed by atoms with Crippen LogP contribution in [-0.2, 0) is 4.79 Å². The van der Waals surface area contributed by atoms with Gasteiger partial charge in [0, 0.05) is 31.6 Å². The molecule has 0 amide bonds. The van der Waals surface area contributed by atoms with Crippen LogP contribution in [0.5, 0.6) is 0 Å². The van der Waals surface area contributed by atoms with Crippen molar-refractivity contribution in [3.63, 3.8) is 0 Å². The van der Waals surface area contributed by atoms with E-state index in [2.05, 4.69) is 15.3 Å². The molecular weight excluding hydrogens is 349 g/mol. The summed E-state index contributed by atoms with van der Waals surface area (Å²) >= 11 is 0. The lowest BCUT2D eigenvalue weighted by molar-refractivity contribution is -0.138. The number of nitrogens with zero attached hydrogens (tertiary/aromatic N) is 3. The van der Waals surface area contributed by atoms with E-state index in [-0.39, 0.29) is 36.1 Å². The van der Waals surface area contributed by atoms with E-state index in [9.17, 15) is 14.3 Å². The van der Waals surface area contributed by atoms with Crippen molar-refractivity contribution >= 4 is 17.6 Å². The Bertz CT molecular complexity index is 789. The first kappa shape index (κ1) is 19.0. The molecule has 2 heterocycles. The standard InChI is InChI=1S/C19H24FN5O2/c1-12(13-5-3-2-4-6-13)24-15-10-25(8-7-14(15)9-16(26)27)19-17(20)18(21)22-11-23-19/h2-6,11-12,14-15,24H,7-10H2,1H3,(H,26,27)(H2,21,22,23)/t12-,14?,15-/m0/s1. The molecule has 0 spiro atoms. The van der Waals surface area contributed by atoms with Crippen LogP contribution in [0.15, 0.2) is 36.7 Å². The molecule has 3 rings (SSSR count). The van der Waals surface area contributed by atoms with E-state index in [0.29, 0.717) is 19.5 Å². The third-order valence-corrected chi connectivity index (χ3v) is 5.05. The number of nitrogen functional groups attached to an aromatic ring is 1. The molecule has 27 heavy (non-hydrogen) atoms. The number of carboxylic acid groups (broad SMARTS) is 1. The molecule has 1 aliphatic rings. The monoisotopic (exact) mass is 373 g/mol. The quantitative estimate of drug-likeness (QED) is 0.713. The van der Waals surface area contributed by atoms with E-state index in [1.165, 1.54) is 6.33 Å². The van der Waals surface area contributed by atoms with Gasteiger partial charge in [0.25, 0.3) is 0 Å². The minimum Gasteiger partial charge on any atom is -0.481 e. The number of aliphatic carboxylic acids is 1. The molecule has 1 aromatic heterocycles. The molecule has 0 saturated carbocycles. The Hall–Kier alpha value is -2.74.